The predicted molar refractivity (Wildman–Crippen MR) is 66.4 cm³/mol. The van der Waals surface area contributed by atoms with Gasteiger partial charge in [-0.15, -0.1) is 0 Å². The first-order valence-electron chi connectivity index (χ1n) is 6.06. The first-order chi connectivity index (χ1) is 8.33. The summed E-state index contributed by atoms with van der Waals surface area (Å²) in [5.74, 6) is -1.75. The van der Waals surface area contributed by atoms with E-state index < -0.39 is 41.7 Å². The highest BCUT2D eigenvalue weighted by Crippen LogP contribution is 2.22. The van der Waals surface area contributed by atoms with Crippen LogP contribution in [0.4, 0.5) is 0 Å². The van der Waals surface area contributed by atoms with E-state index in [0.717, 1.165) is 32.1 Å². The van der Waals surface area contributed by atoms with Gasteiger partial charge in [0.25, 0.3) is 5.91 Å². The first kappa shape index (κ1) is 13.8. The molecule has 2 aliphatic rings. The quantitative estimate of drug-likeness (QED) is 0.748. The van der Waals surface area contributed by atoms with Crippen LogP contribution in [0.5, 0.6) is 0 Å². The maximum atomic E-state index is 11.9. The van der Waals surface area contributed by atoms with Gasteiger partial charge in [-0.05, 0) is 12.8 Å². The Kier molecular flexibility index (Phi) is 3.68. The first-order valence-corrected chi connectivity index (χ1v) is 9.49. The van der Waals surface area contributed by atoms with E-state index in [2.05, 4.69) is 5.32 Å². The van der Waals surface area contributed by atoms with Gasteiger partial charge in [0, 0.05) is 6.04 Å². The Balaban J connectivity index is 2.12. The van der Waals surface area contributed by atoms with Crippen molar-refractivity contribution in [2.75, 3.05) is 11.5 Å². The van der Waals surface area contributed by atoms with Gasteiger partial charge in [0.15, 0.2) is 19.7 Å². The van der Waals surface area contributed by atoms with Crippen LogP contribution in [0, 0.1) is 0 Å². The lowest BCUT2D eigenvalue weighted by Gasteiger charge is -2.23. The van der Waals surface area contributed by atoms with Crippen molar-refractivity contribution in [3.8, 4) is 0 Å². The Hall–Kier alpha value is -0.630. The zero-order valence-electron chi connectivity index (χ0n) is 9.96. The molecule has 1 saturated heterocycles. The minimum atomic E-state index is -3.84. The molecule has 1 aliphatic heterocycles. The van der Waals surface area contributed by atoms with Crippen molar-refractivity contribution in [1.29, 1.82) is 0 Å². The van der Waals surface area contributed by atoms with E-state index in [-0.39, 0.29) is 6.04 Å². The van der Waals surface area contributed by atoms with Gasteiger partial charge in [-0.3, -0.25) is 4.79 Å². The molecule has 1 heterocycles. The summed E-state index contributed by atoms with van der Waals surface area (Å²) in [7, 11) is -7.69. The van der Waals surface area contributed by atoms with Gasteiger partial charge < -0.3 is 5.32 Å². The van der Waals surface area contributed by atoms with Crippen molar-refractivity contribution in [2.45, 2.75) is 42.7 Å². The van der Waals surface area contributed by atoms with Crippen LogP contribution in [0.15, 0.2) is 0 Å². The van der Waals surface area contributed by atoms with Crippen LogP contribution in [0.2, 0.25) is 0 Å². The SMILES string of the molecule is O=C(NC1CCCCC1)C1S(=O)(=O)CCS1(=O)=O. The molecule has 1 aliphatic carbocycles. The molecule has 0 aromatic rings. The molecular formula is C10H17NO5S2. The number of rotatable bonds is 2. The van der Waals surface area contributed by atoms with Gasteiger partial charge in [0.2, 0.25) is 4.58 Å². The van der Waals surface area contributed by atoms with Crippen LogP contribution in [0.25, 0.3) is 0 Å². The zero-order chi connectivity index (χ0) is 13.4. The second kappa shape index (κ2) is 4.80. The van der Waals surface area contributed by atoms with E-state index in [4.69, 9.17) is 0 Å². The summed E-state index contributed by atoms with van der Waals surface area (Å²) in [4.78, 5) is 11.9. The molecular weight excluding hydrogens is 278 g/mol. The summed E-state index contributed by atoms with van der Waals surface area (Å²) in [6, 6.07) is -0.0859. The Labute approximate surface area is 107 Å². The zero-order valence-corrected chi connectivity index (χ0v) is 11.6. The van der Waals surface area contributed by atoms with Crippen molar-refractivity contribution < 1.29 is 21.6 Å². The maximum absolute atomic E-state index is 11.9. The molecule has 18 heavy (non-hydrogen) atoms. The number of carbonyl (C=O) groups excluding carboxylic acids is 1. The smallest absolute Gasteiger partial charge is 0.254 e. The molecule has 0 spiro atoms. The molecule has 6 nitrogen and oxygen atoms in total. The third kappa shape index (κ3) is 2.69. The molecule has 0 aromatic heterocycles. The average Bonchev–Trinajstić information content (AvgIpc) is 2.49. The number of sulfone groups is 2. The van der Waals surface area contributed by atoms with E-state index in [1.54, 1.807) is 0 Å². The molecule has 0 atom stereocenters. The van der Waals surface area contributed by atoms with E-state index >= 15 is 0 Å². The van der Waals surface area contributed by atoms with Crippen molar-refractivity contribution in [3.05, 3.63) is 0 Å². The number of nitrogens with one attached hydrogen (secondary N) is 1. The lowest BCUT2D eigenvalue weighted by atomic mass is 9.95. The Morgan fingerprint density at radius 2 is 1.39 bits per heavy atom. The molecule has 0 aromatic carbocycles. The number of amides is 1. The van der Waals surface area contributed by atoms with E-state index in [1.807, 2.05) is 0 Å². The predicted octanol–water partition coefficient (Wildman–Crippen LogP) is -0.395. The normalized spacial score (nSPS) is 28.0. The van der Waals surface area contributed by atoms with Crippen LogP contribution in [0.3, 0.4) is 0 Å². The van der Waals surface area contributed by atoms with Gasteiger partial charge in [0.05, 0.1) is 11.5 Å². The minimum absolute atomic E-state index is 0.0859. The second-order valence-electron chi connectivity index (χ2n) is 4.91. The molecule has 104 valence electrons. The van der Waals surface area contributed by atoms with Gasteiger partial charge >= 0.3 is 0 Å². The highest BCUT2D eigenvalue weighted by Gasteiger charge is 2.49. The van der Waals surface area contributed by atoms with Gasteiger partial charge in [-0.1, -0.05) is 19.3 Å². The van der Waals surface area contributed by atoms with Crippen molar-refractivity contribution >= 4 is 25.6 Å². The van der Waals surface area contributed by atoms with Crippen molar-refractivity contribution in [1.82, 2.24) is 5.32 Å². The standard InChI is InChI=1S/C10H17NO5S2/c12-9(11-8-4-2-1-3-5-8)10-17(13,14)6-7-18(10,15)16/h8,10H,1-7H2,(H,11,12). The summed E-state index contributed by atoms with van der Waals surface area (Å²) < 4.78 is 44.6. The van der Waals surface area contributed by atoms with Crippen molar-refractivity contribution in [2.24, 2.45) is 0 Å². The number of carbonyl (C=O) groups is 1. The van der Waals surface area contributed by atoms with Gasteiger partial charge in [0.1, 0.15) is 0 Å². The van der Waals surface area contributed by atoms with E-state index in [0.29, 0.717) is 0 Å². The fourth-order valence-corrected chi connectivity index (χ4v) is 7.95. The average molecular weight is 295 g/mol. The Morgan fingerprint density at radius 1 is 0.889 bits per heavy atom. The summed E-state index contributed by atoms with van der Waals surface area (Å²) in [5, 5.41) is 2.57. The Bertz CT molecular complexity index is 497. The lowest BCUT2D eigenvalue weighted by molar-refractivity contribution is -0.120. The summed E-state index contributed by atoms with van der Waals surface area (Å²) in [6.45, 7) is 0. The molecule has 2 fully saturated rings. The fourth-order valence-electron chi connectivity index (χ4n) is 2.51. The Morgan fingerprint density at radius 3 is 1.89 bits per heavy atom. The second-order valence-corrected chi connectivity index (χ2v) is 9.62. The minimum Gasteiger partial charge on any atom is -0.351 e. The van der Waals surface area contributed by atoms with Crippen LogP contribution >= 0.6 is 0 Å². The van der Waals surface area contributed by atoms with Crippen LogP contribution in [-0.2, 0) is 24.5 Å². The van der Waals surface area contributed by atoms with Crippen molar-refractivity contribution in [3.63, 3.8) is 0 Å². The highest BCUT2D eigenvalue weighted by molar-refractivity contribution is 8.13. The molecule has 2 rings (SSSR count). The third-order valence-corrected chi connectivity index (χ3v) is 8.77. The van der Waals surface area contributed by atoms with Crippen LogP contribution in [0.1, 0.15) is 32.1 Å². The third-order valence-electron chi connectivity index (χ3n) is 3.47. The maximum Gasteiger partial charge on any atom is 0.254 e. The summed E-state index contributed by atoms with van der Waals surface area (Å²) in [6.07, 6.45) is 4.65. The van der Waals surface area contributed by atoms with Gasteiger partial charge in [-0.2, -0.15) is 0 Å². The molecule has 8 heteroatoms. The lowest BCUT2D eigenvalue weighted by Crippen LogP contribution is -2.46. The topological polar surface area (TPSA) is 97.4 Å². The summed E-state index contributed by atoms with van der Waals surface area (Å²) in [5.41, 5.74) is 0. The largest absolute Gasteiger partial charge is 0.351 e. The molecule has 1 saturated carbocycles. The monoisotopic (exact) mass is 295 g/mol. The van der Waals surface area contributed by atoms with Crippen LogP contribution < -0.4 is 5.32 Å². The van der Waals surface area contributed by atoms with E-state index in [9.17, 15) is 21.6 Å². The molecule has 0 radical (unpaired) electrons. The van der Waals surface area contributed by atoms with Crippen LogP contribution in [-0.4, -0.2) is 44.9 Å². The van der Waals surface area contributed by atoms with E-state index in [1.165, 1.54) is 0 Å². The highest BCUT2D eigenvalue weighted by atomic mass is 32.3. The molecule has 0 unspecified atom stereocenters. The number of hydrogen-bond acceptors (Lipinski definition) is 5. The molecule has 1 N–H and O–H groups in total. The fraction of sp³-hybridized carbons (Fsp3) is 0.900. The number of hydrogen-bond donors (Lipinski definition) is 1. The molecule has 0 bridgehead atoms. The van der Waals surface area contributed by atoms with Gasteiger partial charge in [-0.25, -0.2) is 16.8 Å². The molecule has 1 amide bonds. The summed E-state index contributed by atoms with van der Waals surface area (Å²) >= 11 is 0.